The molecule has 0 spiro atoms. The van der Waals surface area contributed by atoms with Crippen LogP contribution in [0, 0.1) is 6.92 Å². The third-order valence-electron chi connectivity index (χ3n) is 5.17. The molecule has 0 radical (unpaired) electrons. The smallest absolute Gasteiger partial charge is 0.278 e. The number of amides is 1. The van der Waals surface area contributed by atoms with Crippen LogP contribution < -0.4 is 5.32 Å². The Balaban J connectivity index is 1.50. The summed E-state index contributed by atoms with van der Waals surface area (Å²) in [5.41, 5.74) is 3.65. The zero-order chi connectivity index (χ0) is 22.6. The van der Waals surface area contributed by atoms with Crippen molar-refractivity contribution < 1.29 is 4.79 Å². The molecule has 8 heteroatoms. The van der Waals surface area contributed by atoms with Gasteiger partial charge in [0.2, 0.25) is 0 Å². The normalized spacial score (nSPS) is 10.9. The predicted molar refractivity (Wildman–Crippen MR) is 130 cm³/mol. The zero-order valence-electron chi connectivity index (χ0n) is 17.8. The van der Waals surface area contributed by atoms with Crippen LogP contribution in [-0.2, 0) is 5.75 Å². The maximum absolute atomic E-state index is 13.3. The van der Waals surface area contributed by atoms with Gasteiger partial charge in [0.1, 0.15) is 0 Å². The first-order chi connectivity index (χ1) is 16.2. The van der Waals surface area contributed by atoms with Crippen LogP contribution in [0.3, 0.4) is 0 Å². The van der Waals surface area contributed by atoms with Gasteiger partial charge in [-0.1, -0.05) is 71.1 Å². The van der Waals surface area contributed by atoms with Gasteiger partial charge in [-0.3, -0.25) is 4.79 Å². The molecule has 1 amide bonds. The Morgan fingerprint density at radius 3 is 2.52 bits per heavy atom. The second-order valence-corrected chi connectivity index (χ2v) is 8.38. The van der Waals surface area contributed by atoms with Gasteiger partial charge in [0.25, 0.3) is 5.91 Å². The molecule has 3 aromatic carbocycles. The Labute approximate surface area is 194 Å². The van der Waals surface area contributed by atoms with Crippen LogP contribution >= 0.6 is 11.8 Å². The molecule has 33 heavy (non-hydrogen) atoms. The van der Waals surface area contributed by atoms with Crippen molar-refractivity contribution in [2.24, 2.45) is 0 Å². The molecule has 0 saturated carbocycles. The molecule has 1 N–H and O–H groups in total. The van der Waals surface area contributed by atoms with E-state index in [9.17, 15) is 4.79 Å². The van der Waals surface area contributed by atoms with Gasteiger partial charge in [0, 0.05) is 29.2 Å². The quantitative estimate of drug-likeness (QED) is 0.286. The summed E-state index contributed by atoms with van der Waals surface area (Å²) in [4.78, 5) is 21.9. The van der Waals surface area contributed by atoms with Crippen molar-refractivity contribution in [2.45, 2.75) is 17.8 Å². The molecule has 0 aliphatic carbocycles. The molecule has 0 fully saturated rings. The molecular weight excluding hydrogens is 432 g/mol. The average Bonchev–Trinajstić information content (AvgIpc) is 3.28. The van der Waals surface area contributed by atoms with Gasteiger partial charge in [0.15, 0.2) is 10.9 Å². The first kappa shape index (κ1) is 20.8. The van der Waals surface area contributed by atoms with E-state index in [-0.39, 0.29) is 11.6 Å². The standard InChI is InChI=1S/C25H20N6OS/c1-17-10-12-19(13-11-17)31-22(16-33-25-26-14-5-15-27-25)23(29-30-31)24(32)28-21-9-4-7-18-6-2-3-8-20(18)21/h2-15H,16H2,1H3,(H,28,32). The van der Waals surface area contributed by atoms with Crippen molar-refractivity contribution in [3.8, 4) is 5.69 Å². The van der Waals surface area contributed by atoms with Crippen LogP contribution in [0.15, 0.2) is 90.3 Å². The number of aromatic nitrogens is 5. The number of thioether (sulfide) groups is 1. The minimum atomic E-state index is -0.311. The minimum absolute atomic E-state index is 0.270. The highest BCUT2D eigenvalue weighted by Crippen LogP contribution is 2.26. The van der Waals surface area contributed by atoms with Crippen molar-refractivity contribution in [3.63, 3.8) is 0 Å². The maximum Gasteiger partial charge on any atom is 0.278 e. The number of aryl methyl sites for hydroxylation is 1. The molecule has 5 rings (SSSR count). The van der Waals surface area contributed by atoms with Gasteiger partial charge < -0.3 is 5.32 Å². The van der Waals surface area contributed by atoms with Crippen LogP contribution in [0.4, 0.5) is 5.69 Å². The Kier molecular flexibility index (Phi) is 5.82. The highest BCUT2D eigenvalue weighted by Gasteiger charge is 2.22. The van der Waals surface area contributed by atoms with Gasteiger partial charge >= 0.3 is 0 Å². The van der Waals surface area contributed by atoms with Gasteiger partial charge in [-0.05, 0) is 36.6 Å². The Bertz CT molecular complexity index is 1410. The summed E-state index contributed by atoms with van der Waals surface area (Å²) in [5, 5.41) is 14.2. The fraction of sp³-hybridized carbons (Fsp3) is 0.0800. The fourth-order valence-corrected chi connectivity index (χ4v) is 4.31. The summed E-state index contributed by atoms with van der Waals surface area (Å²) < 4.78 is 1.70. The molecule has 0 aliphatic heterocycles. The lowest BCUT2D eigenvalue weighted by Gasteiger charge is -2.10. The highest BCUT2D eigenvalue weighted by atomic mass is 32.2. The number of rotatable bonds is 6. The monoisotopic (exact) mass is 452 g/mol. The summed E-state index contributed by atoms with van der Waals surface area (Å²) in [5.74, 6) is 0.123. The molecule has 5 aromatic rings. The maximum atomic E-state index is 13.3. The Hall–Kier alpha value is -4.04. The lowest BCUT2D eigenvalue weighted by Crippen LogP contribution is -2.15. The van der Waals surface area contributed by atoms with E-state index in [1.807, 2.05) is 73.7 Å². The number of anilines is 1. The molecule has 2 aromatic heterocycles. The second kappa shape index (κ2) is 9.22. The molecule has 0 bridgehead atoms. The van der Waals surface area contributed by atoms with Gasteiger partial charge in [-0.2, -0.15) is 0 Å². The predicted octanol–water partition coefficient (Wildman–Crippen LogP) is 5.06. The largest absolute Gasteiger partial charge is 0.320 e. The third kappa shape index (κ3) is 4.47. The summed E-state index contributed by atoms with van der Waals surface area (Å²) in [6, 6.07) is 23.4. The number of carbonyl (C=O) groups is 1. The molecule has 162 valence electrons. The van der Waals surface area contributed by atoms with Crippen molar-refractivity contribution in [1.29, 1.82) is 0 Å². The summed E-state index contributed by atoms with van der Waals surface area (Å²) in [6.45, 7) is 2.03. The van der Waals surface area contributed by atoms with E-state index in [2.05, 4.69) is 25.6 Å². The van der Waals surface area contributed by atoms with E-state index < -0.39 is 0 Å². The van der Waals surface area contributed by atoms with Crippen LogP contribution in [-0.4, -0.2) is 30.9 Å². The van der Waals surface area contributed by atoms with Crippen LogP contribution in [0.2, 0.25) is 0 Å². The first-order valence-corrected chi connectivity index (χ1v) is 11.4. The number of fused-ring (bicyclic) bond motifs is 1. The number of hydrogen-bond donors (Lipinski definition) is 1. The molecule has 2 heterocycles. The van der Waals surface area contributed by atoms with Gasteiger partial charge in [-0.25, -0.2) is 14.6 Å². The van der Waals surface area contributed by atoms with E-state index in [1.165, 1.54) is 11.8 Å². The second-order valence-electron chi connectivity index (χ2n) is 7.43. The van der Waals surface area contributed by atoms with Crippen molar-refractivity contribution in [3.05, 3.63) is 102 Å². The fourth-order valence-electron chi connectivity index (χ4n) is 3.51. The van der Waals surface area contributed by atoms with E-state index in [0.29, 0.717) is 16.6 Å². The van der Waals surface area contributed by atoms with E-state index in [0.717, 1.165) is 27.7 Å². The number of nitrogens with one attached hydrogen (secondary N) is 1. The number of hydrogen-bond acceptors (Lipinski definition) is 6. The van der Waals surface area contributed by atoms with Crippen molar-refractivity contribution in [1.82, 2.24) is 25.0 Å². The lowest BCUT2D eigenvalue weighted by atomic mass is 10.1. The Morgan fingerprint density at radius 2 is 1.70 bits per heavy atom. The number of carbonyl (C=O) groups excluding carboxylic acids is 1. The topological polar surface area (TPSA) is 85.6 Å². The number of nitrogens with zero attached hydrogens (tertiary/aromatic N) is 5. The van der Waals surface area contributed by atoms with E-state index in [4.69, 9.17) is 0 Å². The molecular formula is C25H20N6OS. The molecule has 0 aliphatic rings. The Morgan fingerprint density at radius 1 is 0.939 bits per heavy atom. The minimum Gasteiger partial charge on any atom is -0.320 e. The summed E-state index contributed by atoms with van der Waals surface area (Å²) in [6.07, 6.45) is 3.39. The number of benzene rings is 3. The van der Waals surface area contributed by atoms with E-state index in [1.54, 1.807) is 23.1 Å². The van der Waals surface area contributed by atoms with Crippen LogP contribution in [0.5, 0.6) is 0 Å². The summed E-state index contributed by atoms with van der Waals surface area (Å²) >= 11 is 1.43. The average molecular weight is 453 g/mol. The zero-order valence-corrected chi connectivity index (χ0v) is 18.7. The molecule has 7 nitrogen and oxygen atoms in total. The molecule has 0 saturated heterocycles. The van der Waals surface area contributed by atoms with Gasteiger partial charge in [-0.15, -0.1) is 5.10 Å². The van der Waals surface area contributed by atoms with Crippen molar-refractivity contribution >= 4 is 34.1 Å². The highest BCUT2D eigenvalue weighted by molar-refractivity contribution is 7.98. The van der Waals surface area contributed by atoms with E-state index >= 15 is 0 Å². The van der Waals surface area contributed by atoms with Crippen LogP contribution in [0.25, 0.3) is 16.5 Å². The molecule has 0 unspecified atom stereocenters. The first-order valence-electron chi connectivity index (χ1n) is 10.4. The molecule has 0 atom stereocenters. The van der Waals surface area contributed by atoms with Crippen LogP contribution in [0.1, 0.15) is 21.7 Å². The van der Waals surface area contributed by atoms with Gasteiger partial charge in [0.05, 0.1) is 11.4 Å². The SMILES string of the molecule is Cc1ccc(-n2nnc(C(=O)Nc3cccc4ccccc34)c2CSc2ncccn2)cc1. The summed E-state index contributed by atoms with van der Waals surface area (Å²) in [7, 11) is 0. The van der Waals surface area contributed by atoms with Crippen molar-refractivity contribution in [2.75, 3.05) is 5.32 Å². The lowest BCUT2D eigenvalue weighted by molar-refractivity contribution is 0.102. The third-order valence-corrected chi connectivity index (χ3v) is 6.06.